The van der Waals surface area contributed by atoms with Crippen LogP contribution in [0.25, 0.3) is 0 Å². The molecule has 0 N–H and O–H groups in total. The molecule has 0 heterocycles. The summed E-state index contributed by atoms with van der Waals surface area (Å²) in [4.78, 5) is 36.6. The van der Waals surface area contributed by atoms with E-state index in [0.29, 0.717) is 11.1 Å². The minimum Gasteiger partial charge on any atom is -0.460 e. The molecule has 0 radical (unpaired) electrons. The number of benzene rings is 2. The van der Waals surface area contributed by atoms with E-state index in [0.717, 1.165) is 0 Å². The number of carbonyl (C=O) groups excluding carboxylic acids is 3. The van der Waals surface area contributed by atoms with Gasteiger partial charge in [0.05, 0.1) is 12.5 Å². The van der Waals surface area contributed by atoms with Gasteiger partial charge >= 0.3 is 5.97 Å². The van der Waals surface area contributed by atoms with Gasteiger partial charge in [-0.25, -0.2) is 4.79 Å². The highest BCUT2D eigenvalue weighted by Gasteiger charge is 2.30. The van der Waals surface area contributed by atoms with E-state index in [1.807, 2.05) is 12.1 Å². The predicted octanol–water partition coefficient (Wildman–Crippen LogP) is 3.18. The van der Waals surface area contributed by atoms with Crippen LogP contribution < -0.4 is 0 Å². The Balaban J connectivity index is 2.25. The summed E-state index contributed by atoms with van der Waals surface area (Å²) in [7, 11) is 0. The second-order valence-electron chi connectivity index (χ2n) is 5.04. The van der Waals surface area contributed by atoms with Crippen LogP contribution in [0.15, 0.2) is 60.7 Å². The fourth-order valence-corrected chi connectivity index (χ4v) is 2.32. The van der Waals surface area contributed by atoms with Gasteiger partial charge < -0.3 is 4.74 Å². The molecule has 23 heavy (non-hydrogen) atoms. The van der Waals surface area contributed by atoms with Crippen molar-refractivity contribution in [3.05, 3.63) is 71.8 Å². The number of ether oxygens (including phenoxy) is 1. The first-order chi connectivity index (χ1) is 11.1. The van der Waals surface area contributed by atoms with Crippen molar-refractivity contribution in [2.45, 2.75) is 19.3 Å². The molecule has 0 saturated carbocycles. The van der Waals surface area contributed by atoms with Gasteiger partial charge in [0.1, 0.15) is 0 Å². The van der Waals surface area contributed by atoms with E-state index in [1.165, 1.54) is 0 Å². The summed E-state index contributed by atoms with van der Waals surface area (Å²) in [5.41, 5.74) is 1.15. The molecule has 0 aliphatic carbocycles. The molecule has 2 aromatic rings. The Morgan fingerprint density at radius 1 is 0.913 bits per heavy atom. The van der Waals surface area contributed by atoms with Crippen molar-refractivity contribution in [1.82, 2.24) is 0 Å². The maximum absolute atomic E-state index is 12.4. The van der Waals surface area contributed by atoms with E-state index in [2.05, 4.69) is 0 Å². The van der Waals surface area contributed by atoms with Crippen molar-refractivity contribution in [1.29, 1.82) is 0 Å². The lowest BCUT2D eigenvalue weighted by Crippen LogP contribution is -2.26. The van der Waals surface area contributed by atoms with Gasteiger partial charge in [0, 0.05) is 12.0 Å². The summed E-state index contributed by atoms with van der Waals surface area (Å²) in [6, 6.07) is 17.6. The van der Waals surface area contributed by atoms with Crippen LogP contribution in [0.5, 0.6) is 0 Å². The summed E-state index contributed by atoms with van der Waals surface area (Å²) >= 11 is 0. The van der Waals surface area contributed by atoms with Crippen molar-refractivity contribution in [3.8, 4) is 0 Å². The quantitative estimate of drug-likeness (QED) is 0.448. The standard InChI is InChI=1S/C19H18O4/c1-2-23-19(22)18(21)16(14-9-5-3-6-10-14)13-17(20)15-11-7-4-8-12-15/h3-12,16H,2,13H2,1H3. The van der Waals surface area contributed by atoms with E-state index in [-0.39, 0.29) is 18.8 Å². The van der Waals surface area contributed by atoms with E-state index in [9.17, 15) is 14.4 Å². The molecule has 0 bridgehead atoms. The summed E-state index contributed by atoms with van der Waals surface area (Å²) in [5.74, 6) is -2.61. The molecule has 0 aromatic heterocycles. The second kappa shape index (κ2) is 8.03. The van der Waals surface area contributed by atoms with Crippen molar-refractivity contribution in [2.24, 2.45) is 0 Å². The minimum absolute atomic E-state index is 0.0638. The van der Waals surface area contributed by atoms with Gasteiger partial charge in [0.25, 0.3) is 0 Å². The maximum Gasteiger partial charge on any atom is 0.375 e. The largest absolute Gasteiger partial charge is 0.460 e. The molecule has 0 spiro atoms. The fourth-order valence-electron chi connectivity index (χ4n) is 2.32. The number of ketones is 2. The van der Waals surface area contributed by atoms with Crippen LogP contribution in [-0.4, -0.2) is 24.1 Å². The normalized spacial score (nSPS) is 11.5. The monoisotopic (exact) mass is 310 g/mol. The van der Waals surface area contributed by atoms with Crippen LogP contribution in [0.3, 0.4) is 0 Å². The van der Waals surface area contributed by atoms with Crippen molar-refractivity contribution < 1.29 is 19.1 Å². The molecule has 118 valence electrons. The van der Waals surface area contributed by atoms with Crippen LogP contribution in [-0.2, 0) is 14.3 Å². The van der Waals surface area contributed by atoms with Crippen LogP contribution >= 0.6 is 0 Å². The number of hydrogen-bond acceptors (Lipinski definition) is 4. The third-order valence-electron chi connectivity index (χ3n) is 3.48. The van der Waals surface area contributed by atoms with Gasteiger partial charge in [0.15, 0.2) is 5.78 Å². The summed E-state index contributed by atoms with van der Waals surface area (Å²) in [6.07, 6.45) is -0.0638. The van der Waals surface area contributed by atoms with Gasteiger partial charge in [-0.05, 0) is 12.5 Å². The zero-order chi connectivity index (χ0) is 16.7. The first kappa shape index (κ1) is 16.6. The smallest absolute Gasteiger partial charge is 0.375 e. The molecular formula is C19H18O4. The lowest BCUT2D eigenvalue weighted by atomic mass is 9.88. The number of hydrogen-bond donors (Lipinski definition) is 0. The minimum atomic E-state index is -0.901. The number of rotatable bonds is 7. The van der Waals surface area contributed by atoms with Gasteiger partial charge in [-0.1, -0.05) is 60.7 Å². The van der Waals surface area contributed by atoms with E-state index in [4.69, 9.17) is 4.74 Å². The van der Waals surface area contributed by atoms with E-state index >= 15 is 0 Å². The van der Waals surface area contributed by atoms with Gasteiger partial charge in [0.2, 0.25) is 5.78 Å². The molecule has 2 rings (SSSR count). The average molecular weight is 310 g/mol. The third-order valence-corrected chi connectivity index (χ3v) is 3.48. The number of carbonyl (C=O) groups is 3. The second-order valence-corrected chi connectivity index (χ2v) is 5.04. The summed E-state index contributed by atoms with van der Waals surface area (Å²) < 4.78 is 4.79. The van der Waals surface area contributed by atoms with E-state index in [1.54, 1.807) is 55.5 Å². The first-order valence-corrected chi connectivity index (χ1v) is 7.47. The fraction of sp³-hybridized carbons (Fsp3) is 0.211. The molecule has 4 heteroatoms. The lowest BCUT2D eigenvalue weighted by molar-refractivity contribution is -0.154. The Morgan fingerprint density at radius 2 is 1.48 bits per heavy atom. The molecule has 0 aliphatic rings. The van der Waals surface area contributed by atoms with E-state index < -0.39 is 17.7 Å². The van der Waals surface area contributed by atoms with Crippen LogP contribution in [0, 0.1) is 0 Å². The highest BCUT2D eigenvalue weighted by Crippen LogP contribution is 2.23. The Bertz CT molecular complexity index is 677. The van der Waals surface area contributed by atoms with Gasteiger partial charge in [-0.15, -0.1) is 0 Å². The first-order valence-electron chi connectivity index (χ1n) is 7.47. The number of Topliss-reactive ketones (excluding diaryl/α,β-unsaturated/α-hetero) is 2. The predicted molar refractivity (Wildman–Crippen MR) is 86.2 cm³/mol. The summed E-state index contributed by atoms with van der Waals surface area (Å²) in [5, 5.41) is 0. The molecule has 2 aromatic carbocycles. The molecule has 0 amide bonds. The maximum atomic E-state index is 12.4. The van der Waals surface area contributed by atoms with Gasteiger partial charge in [-0.2, -0.15) is 0 Å². The van der Waals surface area contributed by atoms with Crippen molar-refractivity contribution >= 4 is 17.5 Å². The van der Waals surface area contributed by atoms with Crippen molar-refractivity contribution in [3.63, 3.8) is 0 Å². The molecule has 0 aliphatic heterocycles. The lowest BCUT2D eigenvalue weighted by Gasteiger charge is -2.14. The molecule has 4 nitrogen and oxygen atoms in total. The Hall–Kier alpha value is -2.75. The molecule has 1 atom stereocenters. The zero-order valence-electron chi connectivity index (χ0n) is 12.9. The molecule has 0 saturated heterocycles. The van der Waals surface area contributed by atoms with Crippen LogP contribution in [0.1, 0.15) is 35.2 Å². The Labute approximate surface area is 135 Å². The van der Waals surface area contributed by atoms with Crippen molar-refractivity contribution in [2.75, 3.05) is 6.61 Å². The van der Waals surface area contributed by atoms with Gasteiger partial charge in [-0.3, -0.25) is 9.59 Å². The highest BCUT2D eigenvalue weighted by atomic mass is 16.5. The molecule has 0 fully saturated rings. The van der Waals surface area contributed by atoms with Crippen LogP contribution in [0.2, 0.25) is 0 Å². The Kier molecular flexibility index (Phi) is 5.80. The molecule has 1 unspecified atom stereocenters. The third kappa shape index (κ3) is 4.36. The SMILES string of the molecule is CCOC(=O)C(=O)C(CC(=O)c1ccccc1)c1ccccc1. The zero-order valence-corrected chi connectivity index (χ0v) is 12.9. The van der Waals surface area contributed by atoms with Crippen LogP contribution in [0.4, 0.5) is 0 Å². The Morgan fingerprint density at radius 3 is 2.04 bits per heavy atom. The highest BCUT2D eigenvalue weighted by molar-refractivity contribution is 6.36. The average Bonchev–Trinajstić information content (AvgIpc) is 2.60. The number of esters is 1. The summed E-state index contributed by atoms with van der Waals surface area (Å²) in [6.45, 7) is 1.76. The molecular weight excluding hydrogens is 292 g/mol. The topological polar surface area (TPSA) is 60.4 Å².